The first-order valence-corrected chi connectivity index (χ1v) is 4.13. The van der Waals surface area contributed by atoms with Crippen LogP contribution in [0.15, 0.2) is 24.0 Å². The molecule has 0 fully saturated rings. The van der Waals surface area contributed by atoms with Crippen LogP contribution in [0.2, 0.25) is 0 Å². The van der Waals surface area contributed by atoms with Gasteiger partial charge in [-0.1, -0.05) is 6.08 Å². The van der Waals surface area contributed by atoms with Gasteiger partial charge in [-0.05, 0) is 18.1 Å². The zero-order chi connectivity index (χ0) is 12.7. The minimum Gasteiger partial charge on any atom is -0.878 e. The highest BCUT2D eigenvalue weighted by Crippen LogP contribution is 2.06. The van der Waals surface area contributed by atoms with Crippen molar-refractivity contribution in [1.29, 1.82) is 0 Å². The summed E-state index contributed by atoms with van der Waals surface area (Å²) < 4.78 is 0. The van der Waals surface area contributed by atoms with Crippen LogP contribution in [0.5, 0.6) is 0 Å². The van der Waals surface area contributed by atoms with Gasteiger partial charge in [0, 0.05) is 0 Å². The van der Waals surface area contributed by atoms with Crippen LogP contribution in [0.25, 0.3) is 0 Å². The smallest absolute Gasteiger partial charge is 0.376 e. The average Bonchev–Trinajstić information content (AvgIpc) is 2.17. The van der Waals surface area contributed by atoms with Gasteiger partial charge in [0.15, 0.2) is 0 Å². The van der Waals surface area contributed by atoms with Crippen molar-refractivity contribution in [2.24, 2.45) is 5.73 Å². The van der Waals surface area contributed by atoms with Crippen LogP contribution in [-0.2, 0) is 14.4 Å². The summed E-state index contributed by atoms with van der Waals surface area (Å²) in [5.41, 5.74) is 5.12. The van der Waals surface area contributed by atoms with E-state index in [2.05, 4.69) is 0 Å². The lowest BCUT2D eigenvalue weighted by Gasteiger charge is -2.07. The van der Waals surface area contributed by atoms with Crippen molar-refractivity contribution in [2.75, 3.05) is 0 Å². The number of rotatable bonds is 6. The Labute approximate surface area is 90.5 Å². The quantitative estimate of drug-likeness (QED) is 0.211. The Morgan fingerprint density at radius 1 is 1.31 bits per heavy atom. The van der Waals surface area contributed by atoms with Gasteiger partial charge >= 0.3 is 11.9 Å². The lowest BCUT2D eigenvalue weighted by molar-refractivity contribution is -0.274. The van der Waals surface area contributed by atoms with Gasteiger partial charge in [0.05, 0.1) is 0 Å². The van der Waals surface area contributed by atoms with E-state index in [1.807, 2.05) is 0 Å². The molecule has 0 spiro atoms. The van der Waals surface area contributed by atoms with Crippen molar-refractivity contribution in [3.63, 3.8) is 0 Å². The molecule has 0 aromatic heterocycles. The van der Waals surface area contributed by atoms with E-state index in [0.717, 1.165) is 6.08 Å². The normalized spacial score (nSPS) is 13.7. The van der Waals surface area contributed by atoms with Gasteiger partial charge in [0.2, 0.25) is 0 Å². The van der Waals surface area contributed by atoms with Crippen molar-refractivity contribution in [3.05, 3.63) is 24.0 Å². The first-order valence-electron chi connectivity index (χ1n) is 4.13. The largest absolute Gasteiger partial charge is 0.878 e. The Kier molecular flexibility index (Phi) is 5.50. The topological polar surface area (TPSA) is 141 Å². The molecule has 0 bridgehead atoms. The molecule has 0 radical (unpaired) electrons. The van der Waals surface area contributed by atoms with Gasteiger partial charge in [-0.2, -0.15) is 0 Å². The van der Waals surface area contributed by atoms with Crippen molar-refractivity contribution >= 4 is 17.7 Å². The number of carbonyl (C=O) groups excluding carboxylic acids is 1. The molecule has 0 unspecified atom stereocenters. The van der Waals surface area contributed by atoms with E-state index in [-0.39, 0.29) is 12.0 Å². The molecule has 0 aliphatic carbocycles. The maximum Gasteiger partial charge on any atom is 0.376 e. The lowest BCUT2D eigenvalue weighted by Crippen LogP contribution is -2.30. The van der Waals surface area contributed by atoms with Gasteiger partial charge in [0.25, 0.3) is 5.78 Å². The van der Waals surface area contributed by atoms with E-state index in [4.69, 9.17) is 15.9 Å². The molecular formula is C9H10NO6-. The number of carbonyl (C=O) groups is 3. The van der Waals surface area contributed by atoms with Gasteiger partial charge in [-0.25, -0.2) is 4.79 Å². The number of ketones is 1. The molecule has 0 heterocycles. The van der Waals surface area contributed by atoms with Crippen LogP contribution in [0.4, 0.5) is 0 Å². The Hall–Kier alpha value is -2.15. The molecule has 0 saturated carbocycles. The number of carboxylic acids is 2. The fourth-order valence-electron chi connectivity index (χ4n) is 0.834. The molecule has 0 amide bonds. The zero-order valence-corrected chi connectivity index (χ0v) is 8.12. The minimum absolute atomic E-state index is 0.0442. The second-order valence-corrected chi connectivity index (χ2v) is 2.84. The van der Waals surface area contributed by atoms with Crippen LogP contribution >= 0.6 is 0 Å². The summed E-state index contributed by atoms with van der Waals surface area (Å²) in [7, 11) is 0. The van der Waals surface area contributed by atoms with E-state index in [1.165, 1.54) is 0 Å². The minimum atomic E-state index is -1.69. The standard InChI is InChI=1S/C9H11NO6/c10-6(8(13)14)3-5(1-2-11)4-7(12)9(15)16/h1-2,4,6,11H,3,10H2,(H,13,14)(H,15,16)/p-1/t6-/m0/s1. The molecule has 88 valence electrons. The van der Waals surface area contributed by atoms with E-state index in [0.29, 0.717) is 12.3 Å². The molecule has 16 heavy (non-hydrogen) atoms. The lowest BCUT2D eigenvalue weighted by atomic mass is 10.1. The van der Waals surface area contributed by atoms with Crippen LogP contribution in [-0.4, -0.2) is 34.0 Å². The number of carboxylic acid groups (broad SMARTS) is 2. The Balaban J connectivity index is 4.81. The fourth-order valence-corrected chi connectivity index (χ4v) is 0.834. The second-order valence-electron chi connectivity index (χ2n) is 2.84. The first-order chi connectivity index (χ1) is 7.38. The van der Waals surface area contributed by atoms with Gasteiger partial charge in [0.1, 0.15) is 6.04 Å². The Morgan fingerprint density at radius 3 is 2.25 bits per heavy atom. The van der Waals surface area contributed by atoms with Crippen molar-refractivity contribution in [3.8, 4) is 0 Å². The molecule has 1 atom stereocenters. The molecular weight excluding hydrogens is 218 g/mol. The Bertz CT molecular complexity index is 357. The molecule has 0 aromatic carbocycles. The third kappa shape index (κ3) is 4.91. The highest BCUT2D eigenvalue weighted by Gasteiger charge is 2.14. The molecule has 7 heteroatoms. The van der Waals surface area contributed by atoms with Crippen molar-refractivity contribution in [1.82, 2.24) is 0 Å². The van der Waals surface area contributed by atoms with Gasteiger partial charge < -0.3 is 21.1 Å². The summed E-state index contributed by atoms with van der Waals surface area (Å²) in [4.78, 5) is 31.4. The SMILES string of the molecule is N[C@@H](CC(C=C[O-])=CC(=O)C(=O)O)C(=O)O. The predicted octanol–water partition coefficient (Wildman–Crippen LogP) is -1.76. The summed E-state index contributed by atoms with van der Waals surface area (Å²) in [6, 6.07) is -1.30. The maximum atomic E-state index is 10.8. The molecule has 0 aromatic rings. The van der Waals surface area contributed by atoms with Gasteiger partial charge in [-0.3, -0.25) is 9.59 Å². The monoisotopic (exact) mass is 228 g/mol. The third-order valence-corrected chi connectivity index (χ3v) is 1.58. The van der Waals surface area contributed by atoms with E-state index >= 15 is 0 Å². The number of hydrogen-bond donors (Lipinski definition) is 3. The van der Waals surface area contributed by atoms with Crippen molar-refractivity contribution < 1.29 is 29.7 Å². The molecule has 7 nitrogen and oxygen atoms in total. The number of hydrogen-bond acceptors (Lipinski definition) is 5. The van der Waals surface area contributed by atoms with Crippen molar-refractivity contribution in [2.45, 2.75) is 12.5 Å². The van der Waals surface area contributed by atoms with E-state index in [1.54, 1.807) is 0 Å². The van der Waals surface area contributed by atoms with Crippen LogP contribution in [0.1, 0.15) is 6.42 Å². The summed E-state index contributed by atoms with van der Waals surface area (Å²) in [5, 5.41) is 27.0. The van der Waals surface area contributed by atoms with E-state index in [9.17, 15) is 19.5 Å². The second kappa shape index (κ2) is 6.36. The Morgan fingerprint density at radius 2 is 1.88 bits per heavy atom. The third-order valence-electron chi connectivity index (χ3n) is 1.58. The summed E-state index contributed by atoms with van der Waals surface area (Å²) in [6.45, 7) is 0. The molecule has 0 aliphatic rings. The highest BCUT2D eigenvalue weighted by molar-refractivity contribution is 6.37. The molecule has 0 rings (SSSR count). The molecule has 4 N–H and O–H groups in total. The fraction of sp³-hybridized carbons (Fsp3) is 0.222. The molecule has 0 saturated heterocycles. The van der Waals surface area contributed by atoms with E-state index < -0.39 is 23.8 Å². The summed E-state index contributed by atoms with van der Waals surface area (Å²) in [6.07, 6.45) is 1.58. The first kappa shape index (κ1) is 13.8. The molecule has 0 aliphatic heterocycles. The van der Waals surface area contributed by atoms with Crippen LogP contribution < -0.4 is 10.8 Å². The van der Waals surface area contributed by atoms with Gasteiger partial charge in [-0.15, -0.1) is 6.26 Å². The average molecular weight is 228 g/mol. The number of nitrogens with two attached hydrogens (primary N) is 1. The highest BCUT2D eigenvalue weighted by atomic mass is 16.4. The van der Waals surface area contributed by atoms with Crippen LogP contribution in [0, 0.1) is 0 Å². The maximum absolute atomic E-state index is 10.8. The summed E-state index contributed by atoms with van der Waals surface area (Å²) in [5.74, 6) is -4.25. The predicted molar refractivity (Wildman–Crippen MR) is 50.1 cm³/mol. The summed E-state index contributed by atoms with van der Waals surface area (Å²) >= 11 is 0. The zero-order valence-electron chi connectivity index (χ0n) is 8.12. The van der Waals surface area contributed by atoms with Crippen LogP contribution in [0.3, 0.4) is 0 Å². The number of aliphatic carboxylic acids is 2. The number of allylic oxidation sites excluding steroid dienone is 1.